The molecule has 1 aromatic heterocycles. The maximum absolute atomic E-state index is 12.1. The largest absolute Gasteiger partial charge is 0.329 e. The van der Waals surface area contributed by atoms with Crippen LogP contribution in [0.1, 0.15) is 25.1 Å². The second kappa shape index (κ2) is 5.74. The Hall–Kier alpha value is -1.03. The molecule has 1 atom stereocenters. The van der Waals surface area contributed by atoms with Gasteiger partial charge in [-0.1, -0.05) is 6.42 Å². The van der Waals surface area contributed by atoms with Gasteiger partial charge < -0.3 is 5.73 Å². The number of H-pyrrole nitrogens is 1. The molecule has 1 saturated heterocycles. The summed E-state index contributed by atoms with van der Waals surface area (Å²) in [7, 11) is -3.51. The van der Waals surface area contributed by atoms with Crippen molar-refractivity contribution in [3.63, 3.8) is 0 Å². The zero-order valence-corrected chi connectivity index (χ0v) is 10.9. The first-order chi connectivity index (χ1) is 8.63. The summed E-state index contributed by atoms with van der Waals surface area (Å²) in [5.74, 6) is 0.486. The average molecular weight is 274 g/mol. The summed E-state index contributed by atoms with van der Waals surface area (Å²) < 4.78 is 28.3. The van der Waals surface area contributed by atoms with Crippen LogP contribution in [0.2, 0.25) is 0 Å². The minimum Gasteiger partial charge on any atom is -0.329 e. The maximum atomic E-state index is 12.1. The lowest BCUT2D eigenvalue weighted by Gasteiger charge is -2.33. The van der Waals surface area contributed by atoms with Gasteiger partial charge in [0.15, 0.2) is 0 Å². The highest BCUT2D eigenvalue weighted by Gasteiger charge is 2.31. The molecule has 8 nitrogen and oxygen atoms in total. The lowest BCUT2D eigenvalue weighted by Crippen LogP contribution is -2.51. The number of nitrogens with two attached hydrogens (primary N) is 1. The van der Waals surface area contributed by atoms with Gasteiger partial charge >= 0.3 is 0 Å². The van der Waals surface area contributed by atoms with E-state index < -0.39 is 10.2 Å². The predicted molar refractivity (Wildman–Crippen MR) is 65.5 cm³/mol. The van der Waals surface area contributed by atoms with E-state index in [0.29, 0.717) is 18.9 Å². The van der Waals surface area contributed by atoms with Crippen LogP contribution in [0.25, 0.3) is 0 Å². The van der Waals surface area contributed by atoms with Crippen LogP contribution in [-0.4, -0.2) is 47.0 Å². The number of aromatic nitrogens is 3. The summed E-state index contributed by atoms with van der Waals surface area (Å²) in [5, 5.41) is 6.27. The fourth-order valence-corrected chi connectivity index (χ4v) is 3.52. The maximum Gasteiger partial charge on any atom is 0.280 e. The van der Waals surface area contributed by atoms with E-state index in [9.17, 15) is 8.42 Å². The molecule has 0 bridgehead atoms. The number of hydrogen-bond donors (Lipinski definition) is 3. The van der Waals surface area contributed by atoms with Crippen LogP contribution in [0.3, 0.4) is 0 Å². The molecule has 102 valence electrons. The third kappa shape index (κ3) is 3.05. The van der Waals surface area contributed by atoms with Crippen LogP contribution in [0.5, 0.6) is 0 Å². The quantitative estimate of drug-likeness (QED) is 0.633. The summed E-state index contributed by atoms with van der Waals surface area (Å²) in [6.45, 7) is 0.979. The SMILES string of the molecule is NCC1CCCCN1S(=O)(=O)NCc1ncn[nH]1. The van der Waals surface area contributed by atoms with E-state index in [-0.39, 0.29) is 12.6 Å². The van der Waals surface area contributed by atoms with Crippen LogP contribution in [0.4, 0.5) is 0 Å². The molecule has 4 N–H and O–H groups in total. The Kier molecular flexibility index (Phi) is 4.27. The van der Waals surface area contributed by atoms with Gasteiger partial charge in [-0.05, 0) is 12.8 Å². The van der Waals surface area contributed by atoms with Crippen molar-refractivity contribution in [1.82, 2.24) is 24.2 Å². The summed E-state index contributed by atoms with van der Waals surface area (Å²) in [4.78, 5) is 3.87. The topological polar surface area (TPSA) is 117 Å². The van der Waals surface area contributed by atoms with E-state index in [2.05, 4.69) is 19.9 Å². The smallest absolute Gasteiger partial charge is 0.280 e. The Labute approximate surface area is 106 Å². The Morgan fingerprint density at radius 1 is 1.56 bits per heavy atom. The molecule has 0 amide bonds. The second-order valence-corrected chi connectivity index (χ2v) is 5.96. The van der Waals surface area contributed by atoms with Gasteiger partial charge in [0.25, 0.3) is 10.2 Å². The van der Waals surface area contributed by atoms with Gasteiger partial charge in [-0.15, -0.1) is 0 Å². The highest BCUT2D eigenvalue weighted by molar-refractivity contribution is 7.87. The van der Waals surface area contributed by atoms with Gasteiger partial charge in [-0.2, -0.15) is 22.5 Å². The van der Waals surface area contributed by atoms with Gasteiger partial charge in [0.1, 0.15) is 12.2 Å². The van der Waals surface area contributed by atoms with Crippen molar-refractivity contribution >= 4 is 10.2 Å². The van der Waals surface area contributed by atoms with E-state index in [0.717, 1.165) is 19.3 Å². The lowest BCUT2D eigenvalue weighted by atomic mass is 10.1. The first kappa shape index (κ1) is 13.4. The minimum atomic E-state index is -3.51. The first-order valence-electron chi connectivity index (χ1n) is 5.94. The highest BCUT2D eigenvalue weighted by atomic mass is 32.2. The van der Waals surface area contributed by atoms with Crippen molar-refractivity contribution in [2.24, 2.45) is 5.73 Å². The Bertz CT molecular complexity index is 459. The van der Waals surface area contributed by atoms with Crippen LogP contribution >= 0.6 is 0 Å². The summed E-state index contributed by atoms with van der Waals surface area (Å²) in [6.07, 6.45) is 4.06. The molecular weight excluding hydrogens is 256 g/mol. The molecule has 2 heterocycles. The molecular formula is C9H18N6O2S. The minimum absolute atomic E-state index is 0.106. The number of rotatable bonds is 5. The van der Waals surface area contributed by atoms with E-state index in [1.807, 2.05) is 0 Å². The first-order valence-corrected chi connectivity index (χ1v) is 7.38. The van der Waals surface area contributed by atoms with Crippen molar-refractivity contribution in [2.75, 3.05) is 13.1 Å². The number of nitrogens with zero attached hydrogens (tertiary/aromatic N) is 3. The summed E-state index contributed by atoms with van der Waals surface area (Å²) >= 11 is 0. The van der Waals surface area contributed by atoms with E-state index in [4.69, 9.17) is 5.73 Å². The molecule has 1 aromatic rings. The third-order valence-electron chi connectivity index (χ3n) is 3.04. The highest BCUT2D eigenvalue weighted by Crippen LogP contribution is 2.18. The molecule has 1 aliphatic heterocycles. The number of hydrogen-bond acceptors (Lipinski definition) is 5. The zero-order valence-electron chi connectivity index (χ0n) is 10.0. The molecule has 0 aliphatic carbocycles. The summed E-state index contributed by atoms with van der Waals surface area (Å²) in [6, 6.07) is -0.106. The molecule has 1 fully saturated rings. The zero-order chi connectivity index (χ0) is 13.0. The predicted octanol–water partition coefficient (Wildman–Crippen LogP) is -1.05. The fraction of sp³-hybridized carbons (Fsp3) is 0.778. The monoisotopic (exact) mass is 274 g/mol. The molecule has 0 aromatic carbocycles. The third-order valence-corrected chi connectivity index (χ3v) is 4.65. The lowest BCUT2D eigenvalue weighted by molar-refractivity contribution is 0.254. The Morgan fingerprint density at radius 3 is 3.06 bits per heavy atom. The number of aromatic amines is 1. The summed E-state index contributed by atoms with van der Waals surface area (Å²) in [5.41, 5.74) is 5.62. The molecule has 2 rings (SSSR count). The second-order valence-electron chi connectivity index (χ2n) is 4.25. The molecule has 1 aliphatic rings. The molecule has 1 unspecified atom stereocenters. The van der Waals surface area contributed by atoms with E-state index in [1.54, 1.807) is 0 Å². The molecule has 18 heavy (non-hydrogen) atoms. The van der Waals surface area contributed by atoms with Crippen molar-refractivity contribution in [1.29, 1.82) is 0 Å². The van der Waals surface area contributed by atoms with Gasteiger partial charge in [0, 0.05) is 19.1 Å². The van der Waals surface area contributed by atoms with Crippen LogP contribution in [-0.2, 0) is 16.8 Å². The van der Waals surface area contributed by atoms with Crippen molar-refractivity contribution in [2.45, 2.75) is 31.8 Å². The molecule has 0 spiro atoms. The van der Waals surface area contributed by atoms with Crippen molar-refractivity contribution in [3.8, 4) is 0 Å². The van der Waals surface area contributed by atoms with Crippen LogP contribution in [0, 0.1) is 0 Å². The molecule has 0 saturated carbocycles. The number of nitrogens with one attached hydrogen (secondary N) is 2. The van der Waals surface area contributed by atoms with Gasteiger partial charge in [0.05, 0.1) is 6.54 Å². The van der Waals surface area contributed by atoms with Gasteiger partial charge in [0.2, 0.25) is 0 Å². The Morgan fingerprint density at radius 2 is 2.39 bits per heavy atom. The fourth-order valence-electron chi connectivity index (χ4n) is 2.08. The Balaban J connectivity index is 2.00. The van der Waals surface area contributed by atoms with Gasteiger partial charge in [-0.3, -0.25) is 5.10 Å². The average Bonchev–Trinajstić information content (AvgIpc) is 2.89. The van der Waals surface area contributed by atoms with E-state index in [1.165, 1.54) is 10.6 Å². The number of piperidine rings is 1. The van der Waals surface area contributed by atoms with Crippen LogP contribution < -0.4 is 10.5 Å². The van der Waals surface area contributed by atoms with Crippen molar-refractivity contribution in [3.05, 3.63) is 12.2 Å². The van der Waals surface area contributed by atoms with Gasteiger partial charge in [-0.25, -0.2) is 4.98 Å². The standard InChI is InChI=1S/C9H18N6O2S/c10-5-8-3-1-2-4-15(8)18(16,17)13-6-9-11-7-12-14-9/h7-8,13H,1-6,10H2,(H,11,12,14). The van der Waals surface area contributed by atoms with Crippen LogP contribution in [0.15, 0.2) is 6.33 Å². The molecule has 0 radical (unpaired) electrons. The molecule has 9 heteroatoms. The van der Waals surface area contributed by atoms with E-state index >= 15 is 0 Å². The van der Waals surface area contributed by atoms with Crippen molar-refractivity contribution < 1.29 is 8.42 Å². The normalized spacial score (nSPS) is 22.2.